The minimum Gasteiger partial charge on any atom is -0.474 e. The Morgan fingerprint density at radius 2 is 2.27 bits per heavy atom. The third-order valence-corrected chi connectivity index (χ3v) is 5.22. The van der Waals surface area contributed by atoms with Crippen LogP contribution in [0.3, 0.4) is 0 Å². The number of aromatic nitrogens is 1. The second kappa shape index (κ2) is 5.99. The van der Waals surface area contributed by atoms with Crippen LogP contribution < -0.4 is 4.74 Å². The van der Waals surface area contributed by atoms with Gasteiger partial charge in [0, 0.05) is 49.6 Å². The first kappa shape index (κ1) is 14.2. The van der Waals surface area contributed by atoms with Crippen LogP contribution in [0.1, 0.15) is 17.7 Å². The van der Waals surface area contributed by atoms with Crippen LogP contribution in [-0.2, 0) is 11.3 Å². The molecule has 0 radical (unpaired) electrons. The predicted molar refractivity (Wildman–Crippen MR) is 86.2 cm³/mol. The molecule has 2 fully saturated rings. The zero-order valence-electron chi connectivity index (χ0n) is 12.5. The van der Waals surface area contributed by atoms with Gasteiger partial charge in [-0.05, 0) is 17.5 Å². The van der Waals surface area contributed by atoms with Crippen molar-refractivity contribution < 1.29 is 9.47 Å². The van der Waals surface area contributed by atoms with Crippen LogP contribution in [0.5, 0.6) is 5.88 Å². The summed E-state index contributed by atoms with van der Waals surface area (Å²) in [6.07, 6.45) is 3.90. The largest absolute Gasteiger partial charge is 0.474 e. The summed E-state index contributed by atoms with van der Waals surface area (Å²) in [5, 5.41) is 2.14. The predicted octanol–water partition coefficient (Wildman–Crippen LogP) is 2.96. The summed E-state index contributed by atoms with van der Waals surface area (Å²) < 4.78 is 12.1. The van der Waals surface area contributed by atoms with E-state index in [-0.39, 0.29) is 11.7 Å². The molecule has 0 amide bonds. The maximum atomic E-state index is 6.08. The van der Waals surface area contributed by atoms with Crippen molar-refractivity contribution in [3.05, 3.63) is 46.8 Å². The number of nitrogens with zero attached hydrogens (tertiary/aromatic N) is 2. The van der Waals surface area contributed by atoms with Gasteiger partial charge in [-0.15, -0.1) is 11.3 Å². The summed E-state index contributed by atoms with van der Waals surface area (Å²) in [6, 6.07) is 10.1. The van der Waals surface area contributed by atoms with E-state index in [9.17, 15) is 0 Å². The third-order valence-electron chi connectivity index (χ3n) is 4.36. The number of ether oxygens (including phenoxy) is 2. The van der Waals surface area contributed by atoms with Crippen LogP contribution in [0, 0.1) is 0 Å². The monoisotopic (exact) mass is 316 g/mol. The second-order valence-corrected chi connectivity index (χ2v) is 7.19. The van der Waals surface area contributed by atoms with Gasteiger partial charge in [-0.1, -0.05) is 12.1 Å². The van der Waals surface area contributed by atoms with E-state index in [1.54, 1.807) is 6.20 Å². The molecular formula is C17H20N2O2S. The van der Waals surface area contributed by atoms with Crippen molar-refractivity contribution in [2.75, 3.05) is 19.7 Å². The highest BCUT2D eigenvalue weighted by Gasteiger charge is 2.48. The van der Waals surface area contributed by atoms with Crippen molar-refractivity contribution in [3.63, 3.8) is 0 Å². The lowest BCUT2D eigenvalue weighted by molar-refractivity contribution is -0.188. The van der Waals surface area contributed by atoms with Crippen molar-refractivity contribution in [1.29, 1.82) is 0 Å². The summed E-state index contributed by atoms with van der Waals surface area (Å²) in [6.45, 7) is 3.83. The molecule has 0 saturated carbocycles. The first-order valence-electron chi connectivity index (χ1n) is 7.78. The molecular weight excluding hydrogens is 296 g/mol. The Morgan fingerprint density at radius 1 is 1.32 bits per heavy atom. The average Bonchev–Trinajstić information content (AvgIpc) is 3.00. The molecule has 4 nitrogen and oxygen atoms in total. The van der Waals surface area contributed by atoms with Gasteiger partial charge < -0.3 is 9.47 Å². The fourth-order valence-electron chi connectivity index (χ4n) is 3.39. The number of rotatable bonds is 4. The lowest BCUT2D eigenvalue weighted by Crippen LogP contribution is -2.65. The van der Waals surface area contributed by atoms with Gasteiger partial charge in [0.2, 0.25) is 5.88 Å². The fraction of sp³-hybridized carbons (Fsp3) is 0.471. The number of likely N-dealkylation sites (tertiary alicyclic amines) is 1. The number of hydrogen-bond donors (Lipinski definition) is 0. The molecule has 0 aliphatic carbocycles. The van der Waals surface area contributed by atoms with Crippen molar-refractivity contribution in [1.82, 2.24) is 9.88 Å². The van der Waals surface area contributed by atoms with E-state index < -0.39 is 0 Å². The molecule has 1 atom stereocenters. The minimum atomic E-state index is -0.00500. The molecule has 2 aromatic heterocycles. The van der Waals surface area contributed by atoms with Crippen LogP contribution in [-0.4, -0.2) is 41.3 Å². The second-order valence-electron chi connectivity index (χ2n) is 6.16. The van der Waals surface area contributed by atoms with Gasteiger partial charge in [0.25, 0.3) is 0 Å². The van der Waals surface area contributed by atoms with E-state index in [1.807, 2.05) is 29.5 Å². The Bertz CT molecular complexity index is 596. The molecule has 2 aliphatic rings. The molecule has 0 N–H and O–H groups in total. The van der Waals surface area contributed by atoms with Crippen molar-refractivity contribution in [2.45, 2.75) is 31.1 Å². The van der Waals surface area contributed by atoms with Crippen LogP contribution >= 0.6 is 11.3 Å². The standard InChI is InChI=1S/C17H20N2O2S/c1-2-7-18-16(5-1)21-14-6-8-20-17(10-14)12-19(13-17)11-15-4-3-9-22-15/h1-5,7,9,14H,6,8,10-13H2/t14-/m0/s1. The maximum absolute atomic E-state index is 6.08. The zero-order valence-corrected chi connectivity index (χ0v) is 13.3. The third kappa shape index (κ3) is 3.02. The summed E-state index contributed by atoms with van der Waals surface area (Å²) in [5.74, 6) is 0.722. The van der Waals surface area contributed by atoms with Crippen molar-refractivity contribution in [3.8, 4) is 5.88 Å². The molecule has 4 heterocycles. The molecule has 116 valence electrons. The van der Waals surface area contributed by atoms with Gasteiger partial charge >= 0.3 is 0 Å². The Kier molecular flexibility index (Phi) is 3.86. The maximum Gasteiger partial charge on any atom is 0.213 e. The average molecular weight is 316 g/mol. The lowest BCUT2D eigenvalue weighted by Gasteiger charge is -2.53. The summed E-state index contributed by atoms with van der Waals surface area (Å²) in [5.41, 5.74) is -0.00500. The van der Waals surface area contributed by atoms with E-state index in [1.165, 1.54) is 4.88 Å². The van der Waals surface area contributed by atoms with Gasteiger partial charge in [-0.25, -0.2) is 4.98 Å². The highest BCUT2D eigenvalue weighted by Crippen LogP contribution is 2.36. The lowest BCUT2D eigenvalue weighted by atomic mass is 9.84. The summed E-state index contributed by atoms with van der Waals surface area (Å²) in [4.78, 5) is 8.13. The zero-order chi connectivity index (χ0) is 14.8. The molecule has 0 bridgehead atoms. The van der Waals surface area contributed by atoms with Gasteiger partial charge in [0.1, 0.15) is 6.10 Å². The quantitative estimate of drug-likeness (QED) is 0.868. The minimum absolute atomic E-state index is 0.00500. The van der Waals surface area contributed by atoms with E-state index >= 15 is 0 Å². The molecule has 0 aromatic carbocycles. The Hall–Kier alpha value is -1.43. The summed E-state index contributed by atoms with van der Waals surface area (Å²) >= 11 is 1.82. The highest BCUT2D eigenvalue weighted by atomic mass is 32.1. The normalized spacial score (nSPS) is 24.1. The fourth-order valence-corrected chi connectivity index (χ4v) is 4.14. The van der Waals surface area contributed by atoms with Crippen molar-refractivity contribution in [2.24, 2.45) is 0 Å². The van der Waals surface area contributed by atoms with Gasteiger partial charge in [0.15, 0.2) is 0 Å². The van der Waals surface area contributed by atoms with Crippen LogP contribution in [0.25, 0.3) is 0 Å². The van der Waals surface area contributed by atoms with E-state index in [0.717, 1.165) is 45.0 Å². The Morgan fingerprint density at radius 3 is 3.05 bits per heavy atom. The first-order valence-corrected chi connectivity index (χ1v) is 8.66. The van der Waals surface area contributed by atoms with E-state index in [0.29, 0.717) is 0 Å². The van der Waals surface area contributed by atoms with Crippen LogP contribution in [0.4, 0.5) is 0 Å². The smallest absolute Gasteiger partial charge is 0.213 e. The van der Waals surface area contributed by atoms with Gasteiger partial charge in [-0.3, -0.25) is 4.90 Å². The molecule has 1 spiro atoms. The molecule has 2 aromatic rings. The molecule has 2 aliphatic heterocycles. The van der Waals surface area contributed by atoms with Crippen molar-refractivity contribution >= 4 is 11.3 Å². The van der Waals surface area contributed by atoms with E-state index in [2.05, 4.69) is 27.4 Å². The topological polar surface area (TPSA) is 34.6 Å². The molecule has 0 unspecified atom stereocenters. The van der Waals surface area contributed by atoms with Crippen LogP contribution in [0.15, 0.2) is 41.9 Å². The van der Waals surface area contributed by atoms with Gasteiger partial charge in [-0.2, -0.15) is 0 Å². The molecule has 22 heavy (non-hydrogen) atoms. The highest BCUT2D eigenvalue weighted by molar-refractivity contribution is 7.09. The number of pyridine rings is 1. The molecule has 4 rings (SSSR count). The van der Waals surface area contributed by atoms with Crippen LogP contribution in [0.2, 0.25) is 0 Å². The number of hydrogen-bond acceptors (Lipinski definition) is 5. The van der Waals surface area contributed by atoms with E-state index in [4.69, 9.17) is 9.47 Å². The van der Waals surface area contributed by atoms with Gasteiger partial charge in [0.05, 0.1) is 12.2 Å². The molecule has 2 saturated heterocycles. The summed E-state index contributed by atoms with van der Waals surface area (Å²) in [7, 11) is 0. The number of thiophene rings is 1. The SMILES string of the molecule is c1ccc(O[C@H]2CCOC3(C2)CN(Cc2cccs2)C3)nc1. The Balaban J connectivity index is 1.32. The Labute approximate surface area is 134 Å². The first-order chi connectivity index (χ1) is 10.8. The molecule has 5 heteroatoms.